The van der Waals surface area contributed by atoms with Gasteiger partial charge in [0.15, 0.2) is 6.61 Å². The third-order valence-corrected chi connectivity index (χ3v) is 4.42. The van der Waals surface area contributed by atoms with Crippen molar-refractivity contribution in [3.05, 3.63) is 76.5 Å². The molecule has 0 saturated carbocycles. The summed E-state index contributed by atoms with van der Waals surface area (Å²) >= 11 is 0. The van der Waals surface area contributed by atoms with E-state index >= 15 is 0 Å². The first-order valence-corrected chi connectivity index (χ1v) is 9.42. The van der Waals surface area contributed by atoms with Crippen molar-refractivity contribution >= 4 is 16.7 Å². The number of aromatic nitrogens is 1. The van der Waals surface area contributed by atoms with Crippen LogP contribution < -0.4 is 15.6 Å². The Bertz CT molecular complexity index is 1030. The second-order valence-corrected chi connectivity index (χ2v) is 6.42. The minimum atomic E-state index is -0.323. The molecule has 0 atom stereocenters. The number of ether oxygens (including phenoxy) is 2. The summed E-state index contributed by atoms with van der Waals surface area (Å²) < 4.78 is 25.5. The number of carbonyl (C=O) groups is 1. The molecule has 0 unspecified atom stereocenters. The summed E-state index contributed by atoms with van der Waals surface area (Å²) in [5.74, 6) is -0.166. The van der Waals surface area contributed by atoms with Crippen LogP contribution in [0.1, 0.15) is 12.5 Å². The van der Waals surface area contributed by atoms with Gasteiger partial charge in [-0.05, 0) is 42.8 Å². The number of hydrogen-bond donors (Lipinski definition) is 1. The molecule has 1 aromatic heterocycles. The molecule has 1 N–H and O–H groups in total. The van der Waals surface area contributed by atoms with Crippen LogP contribution in [0.15, 0.2) is 59.5 Å². The van der Waals surface area contributed by atoms with Crippen LogP contribution in [-0.4, -0.2) is 30.3 Å². The number of halogens is 1. The molecule has 29 heavy (non-hydrogen) atoms. The first-order valence-electron chi connectivity index (χ1n) is 9.42. The highest BCUT2D eigenvalue weighted by molar-refractivity contribution is 5.88. The maximum Gasteiger partial charge on any atom is 0.258 e. The Morgan fingerprint density at radius 1 is 1.10 bits per heavy atom. The second-order valence-electron chi connectivity index (χ2n) is 6.42. The van der Waals surface area contributed by atoms with E-state index in [1.807, 2.05) is 6.92 Å². The molecule has 0 bridgehead atoms. The summed E-state index contributed by atoms with van der Waals surface area (Å²) in [6.45, 7) is 3.54. The predicted octanol–water partition coefficient (Wildman–Crippen LogP) is 2.87. The van der Waals surface area contributed by atoms with Gasteiger partial charge in [-0.25, -0.2) is 4.39 Å². The maximum absolute atomic E-state index is 12.9. The van der Waals surface area contributed by atoms with Crippen LogP contribution >= 0.6 is 0 Å². The lowest BCUT2D eigenvalue weighted by molar-refractivity contribution is -0.123. The standard InChI is InChI=1S/C22H23FN2O4/c1-2-28-13-12-25-11-10-18-19(22(25)27)4-3-5-20(18)29-15-21(26)24-14-16-6-8-17(23)9-7-16/h3-11H,2,12-15H2,1H3,(H,24,26). The van der Waals surface area contributed by atoms with Crippen LogP contribution in [0.3, 0.4) is 0 Å². The van der Waals surface area contributed by atoms with Crippen molar-refractivity contribution in [3.63, 3.8) is 0 Å². The Labute approximate surface area is 167 Å². The number of nitrogens with zero attached hydrogens (tertiary/aromatic N) is 1. The Kier molecular flexibility index (Phi) is 6.97. The highest BCUT2D eigenvalue weighted by Crippen LogP contribution is 2.23. The highest BCUT2D eigenvalue weighted by Gasteiger charge is 2.09. The number of pyridine rings is 1. The Morgan fingerprint density at radius 3 is 2.66 bits per heavy atom. The molecule has 3 aromatic rings. The molecular weight excluding hydrogens is 375 g/mol. The van der Waals surface area contributed by atoms with E-state index in [9.17, 15) is 14.0 Å². The molecule has 1 amide bonds. The number of amides is 1. The van der Waals surface area contributed by atoms with Gasteiger partial charge in [-0.15, -0.1) is 0 Å². The molecular formula is C22H23FN2O4. The number of carbonyl (C=O) groups excluding carboxylic acids is 1. The zero-order valence-electron chi connectivity index (χ0n) is 16.2. The molecule has 3 rings (SSSR count). The zero-order chi connectivity index (χ0) is 20.6. The molecule has 0 radical (unpaired) electrons. The summed E-state index contributed by atoms with van der Waals surface area (Å²) in [4.78, 5) is 24.7. The number of hydrogen-bond acceptors (Lipinski definition) is 4. The van der Waals surface area contributed by atoms with E-state index in [2.05, 4.69) is 5.32 Å². The van der Waals surface area contributed by atoms with Crippen molar-refractivity contribution in [2.75, 3.05) is 19.8 Å². The van der Waals surface area contributed by atoms with E-state index in [0.29, 0.717) is 36.3 Å². The number of fused-ring (bicyclic) bond motifs is 1. The number of benzene rings is 2. The van der Waals surface area contributed by atoms with Gasteiger partial charge in [0.05, 0.1) is 12.0 Å². The molecule has 6 nitrogen and oxygen atoms in total. The van der Waals surface area contributed by atoms with Crippen LogP contribution in [0.25, 0.3) is 10.8 Å². The largest absolute Gasteiger partial charge is 0.483 e. The van der Waals surface area contributed by atoms with Crippen LogP contribution in [0.5, 0.6) is 5.75 Å². The first-order chi connectivity index (χ1) is 14.1. The minimum absolute atomic E-state index is 0.131. The van der Waals surface area contributed by atoms with Crippen molar-refractivity contribution in [1.29, 1.82) is 0 Å². The molecule has 1 heterocycles. The van der Waals surface area contributed by atoms with E-state index in [0.717, 1.165) is 5.56 Å². The van der Waals surface area contributed by atoms with E-state index in [-0.39, 0.29) is 30.4 Å². The van der Waals surface area contributed by atoms with Gasteiger partial charge in [-0.1, -0.05) is 18.2 Å². The molecule has 0 aliphatic carbocycles. The van der Waals surface area contributed by atoms with Gasteiger partial charge in [0, 0.05) is 31.3 Å². The minimum Gasteiger partial charge on any atom is -0.483 e. The van der Waals surface area contributed by atoms with Crippen molar-refractivity contribution in [2.45, 2.75) is 20.0 Å². The van der Waals surface area contributed by atoms with Crippen molar-refractivity contribution < 1.29 is 18.7 Å². The summed E-state index contributed by atoms with van der Waals surface area (Å²) in [6.07, 6.45) is 1.70. The fourth-order valence-electron chi connectivity index (χ4n) is 2.90. The lowest BCUT2D eigenvalue weighted by atomic mass is 10.1. The summed E-state index contributed by atoms with van der Waals surface area (Å²) in [7, 11) is 0. The molecule has 0 fully saturated rings. The highest BCUT2D eigenvalue weighted by atomic mass is 19.1. The average Bonchev–Trinajstić information content (AvgIpc) is 2.73. The van der Waals surface area contributed by atoms with Gasteiger partial charge >= 0.3 is 0 Å². The smallest absolute Gasteiger partial charge is 0.258 e. The monoisotopic (exact) mass is 398 g/mol. The normalized spacial score (nSPS) is 10.8. The van der Waals surface area contributed by atoms with Gasteiger partial charge < -0.3 is 19.4 Å². The number of rotatable bonds is 9. The van der Waals surface area contributed by atoms with Crippen LogP contribution in [0.4, 0.5) is 4.39 Å². The number of nitrogens with one attached hydrogen (secondary N) is 1. The average molecular weight is 398 g/mol. The quantitative estimate of drug-likeness (QED) is 0.563. The van der Waals surface area contributed by atoms with Crippen LogP contribution in [0, 0.1) is 5.82 Å². The maximum atomic E-state index is 12.9. The lowest BCUT2D eigenvalue weighted by Crippen LogP contribution is -2.28. The Balaban J connectivity index is 1.63. The Hall–Kier alpha value is -3.19. The van der Waals surface area contributed by atoms with Crippen molar-refractivity contribution in [3.8, 4) is 5.75 Å². The van der Waals surface area contributed by atoms with Crippen LogP contribution in [-0.2, 0) is 22.6 Å². The molecule has 2 aromatic carbocycles. The predicted molar refractivity (Wildman–Crippen MR) is 108 cm³/mol. The van der Waals surface area contributed by atoms with Gasteiger partial charge in [0.25, 0.3) is 11.5 Å². The van der Waals surface area contributed by atoms with Crippen LogP contribution in [0.2, 0.25) is 0 Å². The molecule has 0 saturated heterocycles. The zero-order valence-corrected chi connectivity index (χ0v) is 16.2. The molecule has 152 valence electrons. The van der Waals surface area contributed by atoms with Gasteiger partial charge in [0.2, 0.25) is 0 Å². The topological polar surface area (TPSA) is 69.6 Å². The molecule has 0 spiro atoms. The van der Waals surface area contributed by atoms with E-state index < -0.39 is 0 Å². The Morgan fingerprint density at radius 2 is 1.90 bits per heavy atom. The first kappa shape index (κ1) is 20.5. The van der Waals surface area contributed by atoms with E-state index in [1.54, 1.807) is 47.2 Å². The molecule has 0 aliphatic rings. The van der Waals surface area contributed by atoms with Gasteiger partial charge in [-0.2, -0.15) is 0 Å². The van der Waals surface area contributed by atoms with E-state index in [1.165, 1.54) is 12.1 Å². The fraction of sp³-hybridized carbons (Fsp3) is 0.273. The molecule has 7 heteroatoms. The summed E-state index contributed by atoms with van der Waals surface area (Å²) in [6, 6.07) is 12.9. The third kappa shape index (κ3) is 5.42. The molecule has 0 aliphatic heterocycles. The van der Waals surface area contributed by atoms with Crippen molar-refractivity contribution in [1.82, 2.24) is 9.88 Å². The van der Waals surface area contributed by atoms with Crippen molar-refractivity contribution in [2.24, 2.45) is 0 Å². The SMILES string of the molecule is CCOCCn1ccc2c(OCC(=O)NCc3ccc(F)cc3)cccc2c1=O. The van der Waals surface area contributed by atoms with Gasteiger partial charge in [-0.3, -0.25) is 9.59 Å². The lowest BCUT2D eigenvalue weighted by Gasteiger charge is -2.12. The van der Waals surface area contributed by atoms with E-state index in [4.69, 9.17) is 9.47 Å². The second kappa shape index (κ2) is 9.84. The summed E-state index contributed by atoms with van der Waals surface area (Å²) in [5.41, 5.74) is 0.658. The summed E-state index contributed by atoms with van der Waals surface area (Å²) in [5, 5.41) is 3.89. The van der Waals surface area contributed by atoms with Gasteiger partial charge in [0.1, 0.15) is 11.6 Å². The fourth-order valence-corrected chi connectivity index (χ4v) is 2.90. The third-order valence-electron chi connectivity index (χ3n) is 4.42.